The van der Waals surface area contributed by atoms with Crippen LogP contribution < -0.4 is 15.4 Å². The van der Waals surface area contributed by atoms with Gasteiger partial charge in [0.15, 0.2) is 11.6 Å². The number of benzene rings is 1. The van der Waals surface area contributed by atoms with Gasteiger partial charge in [0, 0.05) is 19.2 Å². The molecule has 10 atom stereocenters. The zero-order valence-corrected chi connectivity index (χ0v) is 28.0. The molecule has 4 amide bonds. The van der Waals surface area contributed by atoms with E-state index in [0.717, 1.165) is 5.56 Å². The third-order valence-corrected chi connectivity index (χ3v) is 11.2. The molecule has 2 N–H and O–H groups in total. The third kappa shape index (κ3) is 5.55. The van der Waals surface area contributed by atoms with E-state index in [1.165, 1.54) is 16.0 Å². The highest BCUT2D eigenvalue weighted by Gasteiger charge is 2.65. The summed E-state index contributed by atoms with van der Waals surface area (Å²) < 4.78 is 27.2. The van der Waals surface area contributed by atoms with E-state index in [1.807, 2.05) is 51.1 Å². The van der Waals surface area contributed by atoms with Crippen LogP contribution in [0.2, 0.25) is 0 Å². The van der Waals surface area contributed by atoms with Gasteiger partial charge >= 0.3 is 6.09 Å². The van der Waals surface area contributed by atoms with Crippen LogP contribution >= 0.6 is 0 Å². The second-order valence-corrected chi connectivity index (χ2v) is 15.2. The molecule has 2 bridgehead atoms. The van der Waals surface area contributed by atoms with E-state index in [-0.39, 0.29) is 37.2 Å². The number of anilines is 1. The Morgan fingerprint density at radius 1 is 1.14 bits per heavy atom. The molecule has 7 rings (SSSR count). The summed E-state index contributed by atoms with van der Waals surface area (Å²) in [5.41, 5.74) is -1.54. The maximum atomic E-state index is 15.4. The monoisotopic (exact) mass is 672 g/mol. The number of alkyl halides is 1. The summed E-state index contributed by atoms with van der Waals surface area (Å²) in [6, 6.07) is 11.5. The van der Waals surface area contributed by atoms with E-state index in [1.54, 1.807) is 19.1 Å². The summed E-state index contributed by atoms with van der Waals surface area (Å²) in [5, 5.41) is 15.8. The van der Waals surface area contributed by atoms with Gasteiger partial charge < -0.3 is 29.9 Å². The number of aromatic nitrogens is 1. The fraction of sp³-hybridized carbons (Fsp3) is 0.556. The van der Waals surface area contributed by atoms with Crippen molar-refractivity contribution in [1.29, 1.82) is 5.26 Å². The average molecular weight is 673 g/mol. The van der Waals surface area contributed by atoms with Gasteiger partial charge in [-0.25, -0.2) is 14.2 Å². The highest BCUT2D eigenvalue weighted by atomic mass is 19.1. The third-order valence-electron chi connectivity index (χ3n) is 11.2. The van der Waals surface area contributed by atoms with E-state index >= 15 is 4.39 Å². The summed E-state index contributed by atoms with van der Waals surface area (Å²) in [7, 11) is 0. The minimum atomic E-state index is -1.54. The molecular formula is C36H41FN6O6. The summed E-state index contributed by atoms with van der Waals surface area (Å²) >= 11 is 0. The lowest BCUT2D eigenvalue weighted by molar-refractivity contribution is -0.149. The number of fused-ring (bicyclic) bond motifs is 6. The highest BCUT2D eigenvalue weighted by Crippen LogP contribution is 2.59. The van der Waals surface area contributed by atoms with Gasteiger partial charge in [-0.3, -0.25) is 14.4 Å². The topological polar surface area (TPSA) is 154 Å². The van der Waals surface area contributed by atoms with Crippen LogP contribution in [0.15, 0.2) is 48.7 Å². The molecule has 1 aromatic carbocycles. The zero-order valence-electron chi connectivity index (χ0n) is 28.0. The molecule has 0 radical (unpaired) electrons. The molecular weight excluding hydrogens is 631 g/mol. The van der Waals surface area contributed by atoms with Gasteiger partial charge in [-0.15, -0.1) is 0 Å². The predicted octanol–water partition coefficient (Wildman–Crippen LogP) is 4.00. The maximum Gasteiger partial charge on any atom is 0.408 e. The fourth-order valence-corrected chi connectivity index (χ4v) is 8.84. The molecule has 2 aromatic rings. The Morgan fingerprint density at radius 3 is 2.61 bits per heavy atom. The first-order valence-electron chi connectivity index (χ1n) is 16.9. The number of halogens is 1. The lowest BCUT2D eigenvalue weighted by Crippen LogP contribution is -2.60. The Morgan fingerprint density at radius 2 is 1.90 bits per heavy atom. The second-order valence-electron chi connectivity index (χ2n) is 15.2. The molecule has 5 aliphatic rings. The van der Waals surface area contributed by atoms with Crippen molar-refractivity contribution in [2.45, 2.75) is 83.0 Å². The number of hydrogen-bond acceptors (Lipinski definition) is 8. The number of nitrogens with one attached hydrogen (secondary N) is 2. The quantitative estimate of drug-likeness (QED) is 0.484. The number of likely N-dealkylation sites (tertiary alicyclic amines) is 2. The van der Waals surface area contributed by atoms with Crippen LogP contribution in [0.25, 0.3) is 0 Å². The number of nitrogens with zero attached hydrogens (tertiary/aromatic N) is 4. The van der Waals surface area contributed by atoms with E-state index < -0.39 is 77.1 Å². The number of pyridine rings is 1. The van der Waals surface area contributed by atoms with Gasteiger partial charge in [0.25, 0.3) is 5.91 Å². The summed E-state index contributed by atoms with van der Waals surface area (Å²) in [4.78, 5) is 63.0. The minimum absolute atomic E-state index is 0.0176. The predicted molar refractivity (Wildman–Crippen MR) is 173 cm³/mol. The smallest absolute Gasteiger partial charge is 0.408 e. The van der Waals surface area contributed by atoms with Crippen molar-refractivity contribution in [2.75, 3.05) is 18.4 Å². The number of rotatable bonds is 5. The van der Waals surface area contributed by atoms with Crippen molar-refractivity contribution in [2.24, 2.45) is 29.1 Å². The minimum Gasteiger partial charge on any atom is -0.472 e. The van der Waals surface area contributed by atoms with Gasteiger partial charge in [-0.05, 0) is 66.5 Å². The molecule has 1 unspecified atom stereocenters. The summed E-state index contributed by atoms with van der Waals surface area (Å²) in [6.45, 7) is 7.18. The van der Waals surface area contributed by atoms with Crippen LogP contribution in [0.3, 0.4) is 0 Å². The van der Waals surface area contributed by atoms with Crippen LogP contribution in [-0.4, -0.2) is 81.6 Å². The summed E-state index contributed by atoms with van der Waals surface area (Å²) in [6.07, 6.45) is -0.0150. The average Bonchev–Trinajstić information content (AvgIpc) is 3.83. The number of nitriles is 1. The number of alkyl carbamates (subject to hydrolysis) is 1. The van der Waals surface area contributed by atoms with Crippen LogP contribution in [-0.2, 0) is 19.1 Å². The van der Waals surface area contributed by atoms with Crippen molar-refractivity contribution in [1.82, 2.24) is 20.1 Å². The molecule has 2 saturated carbocycles. The zero-order chi connectivity index (χ0) is 34.8. The Labute approximate surface area is 284 Å². The molecule has 258 valence electrons. The normalized spacial score (nSPS) is 32.4. The van der Waals surface area contributed by atoms with Crippen LogP contribution in [0.1, 0.15) is 58.6 Å². The Hall–Kier alpha value is -4.73. The molecule has 2 aliphatic carbocycles. The fourth-order valence-electron chi connectivity index (χ4n) is 8.84. The van der Waals surface area contributed by atoms with Crippen molar-refractivity contribution in [3.63, 3.8) is 0 Å². The number of hydrogen-bond donors (Lipinski definition) is 2. The van der Waals surface area contributed by atoms with E-state index in [4.69, 9.17) is 9.47 Å². The molecule has 3 aliphatic heterocycles. The van der Waals surface area contributed by atoms with Crippen molar-refractivity contribution in [3.05, 3.63) is 54.2 Å². The Bertz CT molecular complexity index is 1710. The van der Waals surface area contributed by atoms with Gasteiger partial charge in [-0.1, -0.05) is 51.1 Å². The number of carbonyl (C=O) groups excluding carboxylic acids is 4. The lowest BCUT2D eigenvalue weighted by atomic mass is 9.77. The van der Waals surface area contributed by atoms with Crippen molar-refractivity contribution in [3.8, 4) is 11.8 Å². The molecule has 4 fully saturated rings. The van der Waals surface area contributed by atoms with Crippen LogP contribution in [0, 0.1) is 40.4 Å². The van der Waals surface area contributed by atoms with Crippen LogP contribution in [0.5, 0.6) is 5.75 Å². The number of ether oxygens (including phenoxy) is 2. The van der Waals surface area contributed by atoms with Crippen LogP contribution in [0.4, 0.5) is 15.0 Å². The molecule has 13 heteroatoms. The first-order chi connectivity index (χ1) is 23.3. The highest BCUT2D eigenvalue weighted by molar-refractivity contribution is 6.01. The van der Waals surface area contributed by atoms with E-state index in [2.05, 4.69) is 21.7 Å². The molecule has 12 nitrogen and oxygen atoms in total. The molecule has 2 saturated heterocycles. The van der Waals surface area contributed by atoms with E-state index in [9.17, 15) is 24.4 Å². The largest absolute Gasteiger partial charge is 0.472 e. The standard InChI is InChI=1S/C36H41FN6O6/c1-19(20-9-6-5-7-10-20)48-34(47)40-29(35(2,3)4)32(45)42-17-24-21-13-23(25(37)14-21)27(24)28(42)31(44)43-18-36(15-22(43)16-38)33(46)41-30-26(49-36)11-8-12-39-30/h5-12,19,21-25,27-29H,13-15,17-18H2,1-4H3,(H,40,47)(H,39,41,46)/t19-,21+,22+,23-,24?,25-,27+,28+,29-,36-/m1/s1. The second kappa shape index (κ2) is 12.0. The van der Waals surface area contributed by atoms with Crippen molar-refractivity contribution < 1.29 is 33.0 Å². The van der Waals surface area contributed by atoms with Gasteiger partial charge in [-0.2, -0.15) is 5.26 Å². The molecule has 1 aromatic heterocycles. The van der Waals surface area contributed by atoms with E-state index in [0.29, 0.717) is 18.6 Å². The molecule has 49 heavy (non-hydrogen) atoms. The number of carbonyl (C=O) groups is 4. The molecule has 4 heterocycles. The van der Waals surface area contributed by atoms with Crippen molar-refractivity contribution >= 4 is 29.6 Å². The Kier molecular flexibility index (Phi) is 8.03. The lowest BCUT2D eigenvalue weighted by Gasteiger charge is -2.39. The first kappa shape index (κ1) is 32.8. The Balaban J connectivity index is 1.17. The molecule has 1 spiro atoms. The van der Waals surface area contributed by atoms with Gasteiger partial charge in [0.1, 0.15) is 30.4 Å². The SMILES string of the molecule is C[C@@H](OC(=O)N[C@H](C(=O)N1CC2[C@H]3C[C@@H]([C@@H]2[C@H]1C(=O)N1C[C@@]2(C[C@H]1C#N)Oc1cccnc1NC2=O)[C@H](F)C3)C(C)(C)C)c1ccccc1. The first-order valence-corrected chi connectivity index (χ1v) is 16.9. The summed E-state index contributed by atoms with van der Waals surface area (Å²) in [5.74, 6) is -1.91. The maximum absolute atomic E-state index is 15.4. The number of amides is 4. The van der Waals surface area contributed by atoms with Gasteiger partial charge in [0.05, 0.1) is 12.6 Å². The van der Waals surface area contributed by atoms with Gasteiger partial charge in [0.2, 0.25) is 17.4 Å².